The molecular formula is C22H14FN3O5. The Hall–Kier alpha value is -4.40. The number of amides is 1. The smallest absolute Gasteiger partial charge is 0.300 e. The lowest BCUT2D eigenvalue weighted by molar-refractivity contribution is -0.384. The summed E-state index contributed by atoms with van der Waals surface area (Å²) in [5.41, 5.74) is -0.0257. The van der Waals surface area contributed by atoms with Gasteiger partial charge in [0.1, 0.15) is 17.6 Å². The molecule has 1 aliphatic rings. The molecule has 0 saturated carbocycles. The average molecular weight is 419 g/mol. The highest BCUT2D eigenvalue weighted by atomic mass is 19.1. The van der Waals surface area contributed by atoms with Crippen molar-refractivity contribution in [3.63, 3.8) is 0 Å². The number of benzene rings is 2. The Morgan fingerprint density at radius 1 is 1.06 bits per heavy atom. The highest BCUT2D eigenvalue weighted by molar-refractivity contribution is 6.51. The number of halogens is 1. The van der Waals surface area contributed by atoms with Crippen molar-refractivity contribution in [2.45, 2.75) is 6.04 Å². The number of Topliss-reactive ketones (excluding diaryl/α,β-unsaturated/α-hetero) is 1. The summed E-state index contributed by atoms with van der Waals surface area (Å²) in [5.74, 6) is -3.01. The molecule has 0 aliphatic carbocycles. The van der Waals surface area contributed by atoms with Crippen LogP contribution in [-0.2, 0) is 9.59 Å². The highest BCUT2D eigenvalue weighted by Crippen LogP contribution is 2.41. The van der Waals surface area contributed by atoms with Crippen molar-refractivity contribution in [1.29, 1.82) is 0 Å². The van der Waals surface area contributed by atoms with Gasteiger partial charge in [-0.05, 0) is 36.4 Å². The van der Waals surface area contributed by atoms with Gasteiger partial charge in [0.15, 0.2) is 0 Å². The monoisotopic (exact) mass is 419 g/mol. The normalized spacial score (nSPS) is 17.7. The number of non-ortho nitro benzene ring substituents is 1. The van der Waals surface area contributed by atoms with Crippen molar-refractivity contribution in [3.05, 3.63) is 106 Å². The second kappa shape index (κ2) is 7.79. The number of hydrogen-bond acceptors (Lipinski definition) is 6. The molecular weight excluding hydrogens is 405 g/mol. The predicted molar refractivity (Wildman–Crippen MR) is 109 cm³/mol. The number of rotatable bonds is 4. The predicted octanol–water partition coefficient (Wildman–Crippen LogP) is 3.76. The summed E-state index contributed by atoms with van der Waals surface area (Å²) in [6, 6.07) is 13.8. The van der Waals surface area contributed by atoms with Crippen molar-refractivity contribution < 1.29 is 24.0 Å². The Morgan fingerprint density at radius 2 is 1.81 bits per heavy atom. The number of nitro benzene ring substituents is 1. The van der Waals surface area contributed by atoms with Gasteiger partial charge in [0.2, 0.25) is 0 Å². The molecule has 1 aromatic heterocycles. The minimum Gasteiger partial charge on any atom is -0.507 e. The molecule has 9 heteroatoms. The molecule has 1 saturated heterocycles. The fourth-order valence-electron chi connectivity index (χ4n) is 3.44. The molecule has 154 valence electrons. The van der Waals surface area contributed by atoms with Crippen LogP contribution in [0.2, 0.25) is 0 Å². The van der Waals surface area contributed by atoms with Gasteiger partial charge in [-0.1, -0.05) is 18.2 Å². The fourth-order valence-corrected chi connectivity index (χ4v) is 3.44. The van der Waals surface area contributed by atoms with Gasteiger partial charge in [-0.2, -0.15) is 0 Å². The number of nitro groups is 1. The van der Waals surface area contributed by atoms with Crippen LogP contribution in [0, 0.1) is 15.9 Å². The lowest BCUT2D eigenvalue weighted by Crippen LogP contribution is -2.29. The first-order chi connectivity index (χ1) is 14.9. The summed E-state index contributed by atoms with van der Waals surface area (Å²) in [6.45, 7) is 0. The summed E-state index contributed by atoms with van der Waals surface area (Å²) >= 11 is 0. The number of nitrogens with zero attached hydrogens (tertiary/aromatic N) is 3. The van der Waals surface area contributed by atoms with E-state index in [9.17, 15) is 29.2 Å². The van der Waals surface area contributed by atoms with E-state index in [1.165, 1.54) is 36.5 Å². The number of ketones is 1. The van der Waals surface area contributed by atoms with E-state index in [0.717, 1.165) is 23.1 Å². The zero-order chi connectivity index (χ0) is 22.1. The molecule has 31 heavy (non-hydrogen) atoms. The van der Waals surface area contributed by atoms with Crippen molar-refractivity contribution in [2.24, 2.45) is 0 Å². The fraction of sp³-hybridized carbons (Fsp3) is 0.0455. The van der Waals surface area contributed by atoms with Gasteiger partial charge >= 0.3 is 0 Å². The van der Waals surface area contributed by atoms with E-state index in [4.69, 9.17) is 0 Å². The Labute approximate surface area is 175 Å². The standard InChI is InChI=1S/C22H14FN3O5/c23-14-7-9-15(10-8-14)25-19(17-6-1-2-11-24-17)18(21(28)22(25)29)20(27)13-4-3-5-16(12-13)26(30)31/h1-12,19,27H/b20-18-. The van der Waals surface area contributed by atoms with E-state index in [1.807, 2.05) is 0 Å². The van der Waals surface area contributed by atoms with Crippen LogP contribution in [0.3, 0.4) is 0 Å². The number of pyridine rings is 1. The first kappa shape index (κ1) is 19.9. The molecule has 1 fully saturated rings. The quantitative estimate of drug-likeness (QED) is 0.226. The van der Waals surface area contributed by atoms with Crippen LogP contribution < -0.4 is 4.90 Å². The van der Waals surface area contributed by atoms with E-state index < -0.39 is 34.2 Å². The Balaban J connectivity index is 1.93. The maximum atomic E-state index is 13.4. The molecule has 2 aromatic carbocycles. The molecule has 3 aromatic rings. The maximum absolute atomic E-state index is 13.4. The Bertz CT molecular complexity index is 1230. The zero-order valence-corrected chi connectivity index (χ0v) is 15.8. The number of carbonyl (C=O) groups excluding carboxylic acids is 2. The number of aliphatic hydroxyl groups is 1. The second-order valence-electron chi connectivity index (χ2n) is 6.71. The van der Waals surface area contributed by atoms with Gasteiger partial charge in [0, 0.05) is 29.6 Å². The molecule has 1 aliphatic heterocycles. The van der Waals surface area contributed by atoms with Gasteiger partial charge < -0.3 is 5.11 Å². The topological polar surface area (TPSA) is 114 Å². The van der Waals surface area contributed by atoms with Gasteiger partial charge in [-0.3, -0.25) is 29.6 Å². The largest absolute Gasteiger partial charge is 0.507 e. The Morgan fingerprint density at radius 3 is 2.45 bits per heavy atom. The maximum Gasteiger partial charge on any atom is 0.300 e. The van der Waals surface area contributed by atoms with Gasteiger partial charge in [0.05, 0.1) is 16.2 Å². The third-order valence-electron chi connectivity index (χ3n) is 4.85. The molecule has 2 heterocycles. The number of carbonyl (C=O) groups is 2. The van der Waals surface area contributed by atoms with E-state index in [0.29, 0.717) is 0 Å². The third-order valence-corrected chi connectivity index (χ3v) is 4.85. The first-order valence-electron chi connectivity index (χ1n) is 9.11. The SMILES string of the molecule is O=C1C(=O)N(c2ccc(F)cc2)C(c2ccccn2)/C1=C(/O)c1cccc([N+](=O)[O-])c1. The number of anilines is 1. The molecule has 0 radical (unpaired) electrons. The van der Waals surface area contributed by atoms with E-state index in [-0.39, 0.29) is 28.2 Å². The van der Waals surface area contributed by atoms with Crippen molar-refractivity contribution >= 4 is 28.8 Å². The van der Waals surface area contributed by atoms with Crippen LogP contribution >= 0.6 is 0 Å². The van der Waals surface area contributed by atoms with Crippen molar-refractivity contribution in [1.82, 2.24) is 4.98 Å². The lowest BCUT2D eigenvalue weighted by Gasteiger charge is -2.24. The zero-order valence-electron chi connectivity index (χ0n) is 15.8. The van der Waals surface area contributed by atoms with E-state index in [2.05, 4.69) is 4.98 Å². The van der Waals surface area contributed by atoms with E-state index in [1.54, 1.807) is 18.2 Å². The van der Waals surface area contributed by atoms with Gasteiger partial charge in [0.25, 0.3) is 17.4 Å². The highest BCUT2D eigenvalue weighted by Gasteiger charge is 2.47. The van der Waals surface area contributed by atoms with Gasteiger partial charge in [-0.15, -0.1) is 0 Å². The molecule has 1 unspecified atom stereocenters. The summed E-state index contributed by atoms with van der Waals surface area (Å²) < 4.78 is 13.4. The molecule has 1 amide bonds. The molecule has 1 N–H and O–H groups in total. The lowest BCUT2D eigenvalue weighted by atomic mass is 9.98. The van der Waals surface area contributed by atoms with Crippen LogP contribution in [0.1, 0.15) is 17.3 Å². The minimum absolute atomic E-state index is 0.00670. The molecule has 4 rings (SSSR count). The van der Waals surface area contributed by atoms with Crippen molar-refractivity contribution in [2.75, 3.05) is 4.90 Å². The summed E-state index contributed by atoms with van der Waals surface area (Å²) in [6.07, 6.45) is 1.47. The summed E-state index contributed by atoms with van der Waals surface area (Å²) in [5, 5.41) is 22.0. The third kappa shape index (κ3) is 3.52. The minimum atomic E-state index is -1.11. The number of aromatic nitrogens is 1. The number of hydrogen-bond donors (Lipinski definition) is 1. The Kier molecular flexibility index (Phi) is 5.00. The van der Waals surface area contributed by atoms with E-state index >= 15 is 0 Å². The number of aliphatic hydroxyl groups excluding tert-OH is 1. The van der Waals surface area contributed by atoms with Crippen LogP contribution in [0.5, 0.6) is 0 Å². The molecule has 0 bridgehead atoms. The molecule has 0 spiro atoms. The first-order valence-corrected chi connectivity index (χ1v) is 9.11. The van der Waals surface area contributed by atoms with Crippen LogP contribution in [0.15, 0.2) is 78.5 Å². The summed E-state index contributed by atoms with van der Waals surface area (Å²) in [7, 11) is 0. The molecule has 8 nitrogen and oxygen atoms in total. The van der Waals surface area contributed by atoms with Crippen LogP contribution in [-0.4, -0.2) is 26.7 Å². The second-order valence-corrected chi connectivity index (χ2v) is 6.71. The van der Waals surface area contributed by atoms with Crippen LogP contribution in [0.4, 0.5) is 15.8 Å². The van der Waals surface area contributed by atoms with Crippen LogP contribution in [0.25, 0.3) is 5.76 Å². The van der Waals surface area contributed by atoms with Crippen molar-refractivity contribution in [3.8, 4) is 0 Å². The average Bonchev–Trinajstić information content (AvgIpc) is 3.05. The summed E-state index contributed by atoms with van der Waals surface area (Å²) in [4.78, 5) is 41.6. The molecule has 1 atom stereocenters. The van der Waals surface area contributed by atoms with Gasteiger partial charge in [-0.25, -0.2) is 4.39 Å².